The van der Waals surface area contributed by atoms with Crippen molar-refractivity contribution in [2.75, 3.05) is 18.1 Å². The minimum Gasteiger partial charge on any atom is -0.382 e. The normalized spacial score (nSPS) is 14.1. The summed E-state index contributed by atoms with van der Waals surface area (Å²) >= 11 is 1.28. The average Bonchev–Trinajstić information content (AvgIpc) is 3.01. The summed E-state index contributed by atoms with van der Waals surface area (Å²) in [6.45, 7) is 0. The highest BCUT2D eigenvalue weighted by molar-refractivity contribution is 7.18. The van der Waals surface area contributed by atoms with Crippen LogP contribution in [0.25, 0.3) is 0 Å². The van der Waals surface area contributed by atoms with Gasteiger partial charge in [-0.3, -0.25) is 4.79 Å². The summed E-state index contributed by atoms with van der Waals surface area (Å²) in [6, 6.07) is 8.43. The molecule has 1 aliphatic rings. The van der Waals surface area contributed by atoms with E-state index in [1.165, 1.54) is 22.5 Å². The molecule has 3 rings (SSSR count). The Hall–Kier alpha value is -2.08. The van der Waals surface area contributed by atoms with Crippen molar-refractivity contribution < 1.29 is 4.79 Å². The average molecular weight is 288 g/mol. The van der Waals surface area contributed by atoms with Crippen LogP contribution in [0.4, 0.5) is 10.9 Å². The molecule has 0 atom stereocenters. The van der Waals surface area contributed by atoms with Crippen LogP contribution in [0.1, 0.15) is 20.8 Å². The number of carbonyl (C=O) groups is 1. The van der Waals surface area contributed by atoms with Crippen LogP contribution < -0.4 is 16.4 Å². The van der Waals surface area contributed by atoms with Crippen LogP contribution in [0.15, 0.2) is 24.3 Å². The van der Waals surface area contributed by atoms with Gasteiger partial charge < -0.3 is 16.4 Å². The Morgan fingerprint density at radius 2 is 2.00 bits per heavy atom. The van der Waals surface area contributed by atoms with Gasteiger partial charge in [0.1, 0.15) is 10.7 Å². The number of nitrogens with two attached hydrogens (primary N) is 1. The second-order valence-corrected chi connectivity index (χ2v) is 5.83. The summed E-state index contributed by atoms with van der Waals surface area (Å²) in [6.07, 6.45) is 1.75. The van der Waals surface area contributed by atoms with Gasteiger partial charge in [0.05, 0.1) is 0 Å². The molecule has 20 heavy (non-hydrogen) atoms. The van der Waals surface area contributed by atoms with E-state index in [4.69, 9.17) is 5.73 Å². The summed E-state index contributed by atoms with van der Waals surface area (Å²) in [5, 5.41) is 6.60. The highest BCUT2D eigenvalue weighted by Crippen LogP contribution is 2.26. The van der Waals surface area contributed by atoms with Crippen molar-refractivity contribution in [3.05, 3.63) is 40.3 Å². The molecule has 1 heterocycles. The Kier molecular flexibility index (Phi) is 3.31. The molecule has 0 saturated heterocycles. The van der Waals surface area contributed by atoms with Gasteiger partial charge in [-0.05, 0) is 24.0 Å². The van der Waals surface area contributed by atoms with E-state index < -0.39 is 0 Å². The van der Waals surface area contributed by atoms with Crippen molar-refractivity contribution in [2.24, 2.45) is 0 Å². The molecule has 0 unspecified atom stereocenters. The summed E-state index contributed by atoms with van der Waals surface area (Å²) < 4.78 is 0. The maximum absolute atomic E-state index is 12.3. The summed E-state index contributed by atoms with van der Waals surface area (Å²) in [7, 11) is 1.76. The van der Waals surface area contributed by atoms with Gasteiger partial charge in [0, 0.05) is 13.1 Å². The zero-order valence-electron chi connectivity index (χ0n) is 11.1. The van der Waals surface area contributed by atoms with Gasteiger partial charge in [-0.25, -0.2) is 4.98 Å². The molecule has 0 saturated carbocycles. The molecular weight excluding hydrogens is 272 g/mol. The van der Waals surface area contributed by atoms with Crippen LogP contribution in [0.3, 0.4) is 0 Å². The predicted molar refractivity (Wildman–Crippen MR) is 81.2 cm³/mol. The van der Waals surface area contributed by atoms with E-state index >= 15 is 0 Å². The second kappa shape index (κ2) is 5.13. The Morgan fingerprint density at radius 1 is 1.35 bits per heavy atom. The second-order valence-electron chi connectivity index (χ2n) is 4.83. The first kappa shape index (κ1) is 12.9. The third-order valence-electron chi connectivity index (χ3n) is 3.46. The molecule has 2 aromatic rings. The number of rotatable bonds is 3. The Balaban J connectivity index is 1.70. The number of fused-ring (bicyclic) bond motifs is 1. The summed E-state index contributed by atoms with van der Waals surface area (Å²) in [5.41, 5.74) is 8.40. The monoisotopic (exact) mass is 288 g/mol. The number of carbonyl (C=O) groups excluding carboxylic acids is 1. The molecule has 5 nitrogen and oxygen atoms in total. The first-order valence-corrected chi connectivity index (χ1v) is 7.30. The van der Waals surface area contributed by atoms with E-state index in [9.17, 15) is 4.79 Å². The molecule has 1 aromatic heterocycles. The smallest absolute Gasteiger partial charge is 0.265 e. The van der Waals surface area contributed by atoms with Crippen molar-refractivity contribution in [2.45, 2.75) is 18.9 Å². The number of aromatic nitrogens is 1. The number of hydrogen-bond donors (Lipinski definition) is 3. The van der Waals surface area contributed by atoms with Crippen molar-refractivity contribution in [1.82, 2.24) is 10.3 Å². The molecule has 6 heteroatoms. The zero-order valence-corrected chi connectivity index (χ0v) is 12.0. The molecule has 1 amide bonds. The van der Waals surface area contributed by atoms with Gasteiger partial charge in [-0.2, -0.15) is 0 Å². The number of thiazole rings is 1. The molecule has 0 aliphatic heterocycles. The molecule has 0 fully saturated rings. The van der Waals surface area contributed by atoms with Crippen molar-refractivity contribution in [1.29, 1.82) is 0 Å². The third-order valence-corrected chi connectivity index (χ3v) is 4.55. The van der Waals surface area contributed by atoms with Crippen LogP contribution in [0, 0.1) is 0 Å². The Morgan fingerprint density at radius 3 is 2.55 bits per heavy atom. The molecule has 1 aromatic carbocycles. The van der Waals surface area contributed by atoms with E-state index in [1.54, 1.807) is 7.05 Å². The number of benzene rings is 1. The summed E-state index contributed by atoms with van der Waals surface area (Å²) in [4.78, 5) is 16.8. The highest BCUT2D eigenvalue weighted by Gasteiger charge is 2.24. The molecule has 0 radical (unpaired) electrons. The van der Waals surface area contributed by atoms with Crippen LogP contribution in [0.2, 0.25) is 0 Å². The van der Waals surface area contributed by atoms with Crippen LogP contribution >= 0.6 is 11.3 Å². The number of nitrogens with zero attached hydrogens (tertiary/aromatic N) is 1. The van der Waals surface area contributed by atoms with Crippen molar-refractivity contribution in [3.8, 4) is 0 Å². The lowest BCUT2D eigenvalue weighted by molar-refractivity contribution is 0.0943. The number of amides is 1. The molecule has 1 aliphatic carbocycles. The van der Waals surface area contributed by atoms with Crippen molar-refractivity contribution in [3.63, 3.8) is 0 Å². The number of hydrogen-bond acceptors (Lipinski definition) is 5. The quantitative estimate of drug-likeness (QED) is 0.802. The minimum absolute atomic E-state index is 0.138. The first-order valence-electron chi connectivity index (χ1n) is 6.49. The topological polar surface area (TPSA) is 80.0 Å². The fourth-order valence-electron chi connectivity index (χ4n) is 2.51. The SMILES string of the molecule is CNc1nc(N)c(C(=O)NC2Cc3ccccc3C2)s1. The van der Waals surface area contributed by atoms with E-state index in [1.807, 2.05) is 12.1 Å². The van der Waals surface area contributed by atoms with E-state index in [-0.39, 0.29) is 17.8 Å². The maximum atomic E-state index is 12.3. The van der Waals surface area contributed by atoms with Crippen molar-refractivity contribution >= 4 is 28.2 Å². The zero-order chi connectivity index (χ0) is 14.1. The van der Waals surface area contributed by atoms with E-state index in [2.05, 4.69) is 27.8 Å². The fourth-order valence-corrected chi connectivity index (χ4v) is 3.25. The van der Waals surface area contributed by atoms with Crippen LogP contribution in [-0.4, -0.2) is 24.0 Å². The Bertz CT molecular complexity index is 627. The largest absolute Gasteiger partial charge is 0.382 e. The van der Waals surface area contributed by atoms with Gasteiger partial charge in [0.2, 0.25) is 0 Å². The molecule has 104 valence electrons. The lowest BCUT2D eigenvalue weighted by Gasteiger charge is -2.10. The van der Waals surface area contributed by atoms with E-state index in [0.29, 0.717) is 10.0 Å². The van der Waals surface area contributed by atoms with Crippen LogP contribution in [0.5, 0.6) is 0 Å². The van der Waals surface area contributed by atoms with E-state index in [0.717, 1.165) is 12.8 Å². The summed E-state index contributed by atoms with van der Waals surface area (Å²) in [5.74, 6) is 0.145. The highest BCUT2D eigenvalue weighted by atomic mass is 32.1. The fraction of sp³-hybridized carbons (Fsp3) is 0.286. The minimum atomic E-state index is -0.140. The number of nitrogen functional groups attached to an aromatic ring is 1. The lowest BCUT2D eigenvalue weighted by atomic mass is 10.1. The molecule has 4 N–H and O–H groups in total. The van der Waals surface area contributed by atoms with Gasteiger partial charge in [0.15, 0.2) is 5.13 Å². The molecule has 0 bridgehead atoms. The predicted octanol–water partition coefficient (Wildman–Crippen LogP) is 1.66. The lowest BCUT2D eigenvalue weighted by Crippen LogP contribution is -2.35. The third kappa shape index (κ3) is 2.34. The standard InChI is InChI=1S/C14H16N4OS/c1-16-14-18-12(15)11(20-14)13(19)17-10-6-8-4-2-3-5-9(8)7-10/h2-5,10H,6-7,15H2,1H3,(H,16,18)(H,17,19). The number of nitrogens with one attached hydrogen (secondary N) is 2. The van der Waals surface area contributed by atoms with Gasteiger partial charge in [-0.15, -0.1) is 0 Å². The van der Waals surface area contributed by atoms with Gasteiger partial charge in [0.25, 0.3) is 5.91 Å². The first-order chi connectivity index (χ1) is 9.67. The van der Waals surface area contributed by atoms with Crippen LogP contribution in [-0.2, 0) is 12.8 Å². The molecular formula is C14H16N4OS. The molecule has 0 spiro atoms. The Labute approximate surface area is 121 Å². The number of anilines is 2. The van der Waals surface area contributed by atoms with Gasteiger partial charge >= 0.3 is 0 Å². The maximum Gasteiger partial charge on any atom is 0.265 e. The van der Waals surface area contributed by atoms with Gasteiger partial charge in [-0.1, -0.05) is 35.6 Å².